The molecule has 0 spiro atoms. The Morgan fingerprint density at radius 3 is 2.30 bits per heavy atom. The van der Waals surface area contributed by atoms with Crippen molar-refractivity contribution in [3.8, 4) is 5.75 Å². The molecule has 1 aliphatic heterocycles. The number of nitrogens with zero attached hydrogens (tertiary/aromatic N) is 1. The van der Waals surface area contributed by atoms with Crippen molar-refractivity contribution in [2.75, 3.05) is 7.11 Å². The van der Waals surface area contributed by atoms with E-state index in [0.717, 1.165) is 0 Å². The molecule has 0 bridgehead atoms. The molecule has 0 aliphatic carbocycles. The molecule has 2 N–H and O–H groups in total. The van der Waals surface area contributed by atoms with E-state index in [1.165, 1.54) is 38.3 Å². The van der Waals surface area contributed by atoms with Gasteiger partial charge >= 0.3 is 12.2 Å². The van der Waals surface area contributed by atoms with Crippen LogP contribution in [0.15, 0.2) is 54.6 Å². The first kappa shape index (κ1) is 21.2. The van der Waals surface area contributed by atoms with Crippen molar-refractivity contribution in [2.45, 2.75) is 24.8 Å². The lowest BCUT2D eigenvalue weighted by Gasteiger charge is -2.30. The third-order valence-corrected chi connectivity index (χ3v) is 4.80. The molecule has 0 saturated carbocycles. The maximum Gasteiger partial charge on any atom is 0.440 e. The molecule has 1 aliphatic rings. The normalized spacial score (nSPS) is 20.0. The highest BCUT2D eigenvalue weighted by atomic mass is 19.4. The minimum atomic E-state index is -5.30. The van der Waals surface area contributed by atoms with Crippen LogP contribution in [0.2, 0.25) is 0 Å². The Hall–Kier alpha value is -3.56. The van der Waals surface area contributed by atoms with Crippen LogP contribution in [0.5, 0.6) is 5.75 Å². The molecule has 2 aromatic carbocycles. The minimum absolute atomic E-state index is 0.0126. The van der Waals surface area contributed by atoms with Gasteiger partial charge < -0.3 is 10.1 Å². The number of halogens is 3. The topological polar surface area (TPSA) is 87.7 Å². The molecule has 10 heteroatoms. The van der Waals surface area contributed by atoms with Gasteiger partial charge in [-0.1, -0.05) is 42.5 Å². The number of hydrogen-bond donors (Lipinski definition) is 2. The van der Waals surface area contributed by atoms with Gasteiger partial charge in [-0.05, 0) is 24.6 Å². The second-order valence-corrected chi connectivity index (χ2v) is 6.59. The molecule has 7 nitrogen and oxygen atoms in total. The fraction of sp³-hybridized carbons (Fsp3) is 0.250. The fourth-order valence-corrected chi connectivity index (χ4v) is 3.20. The van der Waals surface area contributed by atoms with Crippen LogP contribution in [0.1, 0.15) is 28.9 Å². The highest BCUT2D eigenvalue weighted by Crippen LogP contribution is 2.37. The number of imide groups is 1. The number of alkyl halides is 3. The third kappa shape index (κ3) is 3.44. The summed E-state index contributed by atoms with van der Waals surface area (Å²) in [5, 5.41) is 3.31. The monoisotopic (exact) mass is 421 g/mol. The second kappa shape index (κ2) is 7.69. The van der Waals surface area contributed by atoms with Crippen molar-refractivity contribution < 1.29 is 32.3 Å². The van der Waals surface area contributed by atoms with Gasteiger partial charge in [0.1, 0.15) is 5.75 Å². The van der Waals surface area contributed by atoms with Gasteiger partial charge in [0.05, 0.1) is 18.7 Å². The number of benzene rings is 2. The Balaban J connectivity index is 1.99. The SMILES string of the molecule is COc1ccccc1C(=O)N[C@]1(C(F)(F)F)NC(=O)N([C@@H](C)c2ccccc2)C1=O. The van der Waals surface area contributed by atoms with Crippen LogP contribution in [-0.4, -0.2) is 41.7 Å². The molecule has 0 unspecified atom stereocenters. The molecule has 4 amide bonds. The number of ether oxygens (including phenoxy) is 1. The van der Waals surface area contributed by atoms with Crippen LogP contribution in [0.3, 0.4) is 0 Å². The van der Waals surface area contributed by atoms with Gasteiger partial charge in [-0.3, -0.25) is 19.8 Å². The van der Waals surface area contributed by atoms with Gasteiger partial charge in [0.2, 0.25) is 0 Å². The summed E-state index contributed by atoms with van der Waals surface area (Å²) in [4.78, 5) is 38.4. The van der Waals surface area contributed by atoms with E-state index in [1.807, 2.05) is 0 Å². The number of rotatable bonds is 5. The number of methoxy groups -OCH3 is 1. The van der Waals surface area contributed by atoms with Crippen molar-refractivity contribution in [1.29, 1.82) is 0 Å². The Morgan fingerprint density at radius 1 is 1.10 bits per heavy atom. The van der Waals surface area contributed by atoms with E-state index in [1.54, 1.807) is 41.0 Å². The summed E-state index contributed by atoms with van der Waals surface area (Å²) in [6, 6.07) is 11.4. The van der Waals surface area contributed by atoms with Gasteiger partial charge in [0.25, 0.3) is 17.5 Å². The van der Waals surface area contributed by atoms with Gasteiger partial charge in [-0.25, -0.2) is 4.79 Å². The summed E-state index contributed by atoms with van der Waals surface area (Å²) in [5.74, 6) is -2.84. The quantitative estimate of drug-likeness (QED) is 0.727. The van der Waals surface area contributed by atoms with Crippen molar-refractivity contribution >= 4 is 17.8 Å². The van der Waals surface area contributed by atoms with Gasteiger partial charge in [0, 0.05) is 0 Å². The maximum atomic E-state index is 14.0. The van der Waals surface area contributed by atoms with Crippen LogP contribution in [-0.2, 0) is 4.79 Å². The Labute approximate surface area is 169 Å². The molecule has 0 radical (unpaired) electrons. The molecule has 30 heavy (non-hydrogen) atoms. The largest absolute Gasteiger partial charge is 0.496 e. The number of carbonyl (C=O) groups is 3. The third-order valence-electron chi connectivity index (χ3n) is 4.80. The van der Waals surface area contributed by atoms with E-state index in [2.05, 4.69) is 0 Å². The number of hydrogen-bond acceptors (Lipinski definition) is 4. The van der Waals surface area contributed by atoms with E-state index in [0.29, 0.717) is 10.5 Å². The van der Waals surface area contributed by atoms with Crippen molar-refractivity contribution in [2.24, 2.45) is 0 Å². The lowest BCUT2D eigenvalue weighted by Crippen LogP contribution is -2.69. The fourth-order valence-electron chi connectivity index (χ4n) is 3.20. The Kier molecular flexibility index (Phi) is 5.43. The van der Waals surface area contributed by atoms with Crippen molar-refractivity contribution in [3.63, 3.8) is 0 Å². The van der Waals surface area contributed by atoms with Gasteiger partial charge in [0.15, 0.2) is 0 Å². The number of para-hydroxylation sites is 1. The lowest BCUT2D eigenvalue weighted by molar-refractivity contribution is -0.200. The summed E-state index contributed by atoms with van der Waals surface area (Å²) < 4.78 is 47.1. The molecule has 1 fully saturated rings. The average molecular weight is 421 g/mol. The Bertz CT molecular complexity index is 981. The molecule has 3 rings (SSSR count). The van der Waals surface area contributed by atoms with E-state index in [9.17, 15) is 27.6 Å². The molecular formula is C20H18F3N3O4. The van der Waals surface area contributed by atoms with E-state index in [-0.39, 0.29) is 11.3 Å². The summed E-state index contributed by atoms with van der Waals surface area (Å²) in [5.41, 5.74) is -3.37. The first-order chi connectivity index (χ1) is 14.1. The summed E-state index contributed by atoms with van der Waals surface area (Å²) in [7, 11) is 1.25. The highest BCUT2D eigenvalue weighted by molar-refractivity contribution is 6.11. The summed E-state index contributed by atoms with van der Waals surface area (Å²) >= 11 is 0. The first-order valence-corrected chi connectivity index (χ1v) is 8.85. The second-order valence-electron chi connectivity index (χ2n) is 6.59. The van der Waals surface area contributed by atoms with Gasteiger partial charge in [-0.2, -0.15) is 13.2 Å². The van der Waals surface area contributed by atoms with E-state index < -0.39 is 35.7 Å². The van der Waals surface area contributed by atoms with E-state index >= 15 is 0 Å². The van der Waals surface area contributed by atoms with Crippen LogP contribution in [0, 0.1) is 0 Å². The molecule has 2 aromatic rings. The maximum absolute atomic E-state index is 14.0. The van der Waals surface area contributed by atoms with Crippen LogP contribution >= 0.6 is 0 Å². The zero-order valence-electron chi connectivity index (χ0n) is 16.0. The summed E-state index contributed by atoms with van der Waals surface area (Å²) in [6.45, 7) is 1.42. The summed E-state index contributed by atoms with van der Waals surface area (Å²) in [6.07, 6.45) is -5.30. The first-order valence-electron chi connectivity index (χ1n) is 8.85. The molecule has 2 atom stereocenters. The highest BCUT2D eigenvalue weighted by Gasteiger charge is 2.69. The lowest BCUT2D eigenvalue weighted by atomic mass is 10.0. The average Bonchev–Trinajstić information content (AvgIpc) is 2.98. The molecule has 158 valence electrons. The van der Waals surface area contributed by atoms with E-state index in [4.69, 9.17) is 4.74 Å². The number of nitrogens with one attached hydrogen (secondary N) is 2. The van der Waals surface area contributed by atoms with Crippen LogP contribution in [0.4, 0.5) is 18.0 Å². The Morgan fingerprint density at radius 2 is 1.70 bits per heavy atom. The molecule has 0 aromatic heterocycles. The zero-order chi connectivity index (χ0) is 22.1. The number of carbonyl (C=O) groups excluding carboxylic acids is 3. The van der Waals surface area contributed by atoms with Crippen LogP contribution in [0.25, 0.3) is 0 Å². The number of amides is 4. The van der Waals surface area contributed by atoms with Crippen LogP contribution < -0.4 is 15.4 Å². The van der Waals surface area contributed by atoms with Gasteiger partial charge in [-0.15, -0.1) is 0 Å². The number of urea groups is 1. The zero-order valence-corrected chi connectivity index (χ0v) is 16.0. The molecule has 1 heterocycles. The standard InChI is InChI=1S/C20H18F3N3O4/c1-12(13-8-4-3-5-9-13)26-17(28)19(20(21,22)23,25-18(26)29)24-16(27)14-10-6-7-11-15(14)30-2/h3-12H,1-2H3,(H,24,27)(H,25,29)/t12-,19-/m0/s1. The van der Waals surface area contributed by atoms with Crippen molar-refractivity contribution in [1.82, 2.24) is 15.5 Å². The molecule has 1 saturated heterocycles. The molecular weight excluding hydrogens is 403 g/mol. The predicted molar refractivity (Wildman–Crippen MR) is 99.5 cm³/mol. The minimum Gasteiger partial charge on any atom is -0.496 e. The van der Waals surface area contributed by atoms with Crippen molar-refractivity contribution in [3.05, 3.63) is 65.7 Å². The smallest absolute Gasteiger partial charge is 0.440 e. The predicted octanol–water partition coefficient (Wildman–Crippen LogP) is 3.00.